The summed E-state index contributed by atoms with van der Waals surface area (Å²) in [5, 5.41) is 23.1. The summed E-state index contributed by atoms with van der Waals surface area (Å²) in [5.41, 5.74) is 0. The van der Waals surface area contributed by atoms with Gasteiger partial charge in [0.2, 0.25) is 5.91 Å². The Morgan fingerprint density at radius 1 is 0.481 bits per heavy atom. The second kappa shape index (κ2) is 43.8. The maximum atomic E-state index is 12.3. The fourth-order valence-corrected chi connectivity index (χ4v) is 6.90. The van der Waals surface area contributed by atoms with Gasteiger partial charge in [-0.05, 0) is 38.5 Å². The van der Waals surface area contributed by atoms with Crippen LogP contribution >= 0.6 is 0 Å². The van der Waals surface area contributed by atoms with Crippen LogP contribution in [0, 0.1) is 0 Å². The number of carbonyl (C=O) groups excluding carboxylic acids is 1. The van der Waals surface area contributed by atoms with Gasteiger partial charge in [0.25, 0.3) is 0 Å². The van der Waals surface area contributed by atoms with Crippen molar-refractivity contribution in [1.29, 1.82) is 0 Å². The molecule has 304 valence electrons. The molecule has 0 saturated heterocycles. The lowest BCUT2D eigenvalue weighted by atomic mass is 10.0. The Morgan fingerprint density at radius 2 is 0.808 bits per heavy atom. The van der Waals surface area contributed by atoms with E-state index in [2.05, 4.69) is 61.7 Å². The van der Waals surface area contributed by atoms with Crippen LogP contribution < -0.4 is 5.32 Å². The first kappa shape index (κ1) is 50.4. The number of amides is 1. The molecule has 4 heteroatoms. The molecule has 2 atom stereocenters. The minimum atomic E-state index is -0.689. The van der Waals surface area contributed by atoms with Crippen LogP contribution in [0.4, 0.5) is 0 Å². The highest BCUT2D eigenvalue weighted by molar-refractivity contribution is 5.76. The van der Waals surface area contributed by atoms with Crippen molar-refractivity contribution < 1.29 is 15.0 Å². The predicted molar refractivity (Wildman–Crippen MR) is 230 cm³/mol. The summed E-state index contributed by atoms with van der Waals surface area (Å²) in [6.45, 7) is 4.22. The third-order valence-corrected chi connectivity index (χ3v) is 10.4. The highest BCUT2D eigenvalue weighted by Crippen LogP contribution is 2.17. The van der Waals surface area contributed by atoms with Gasteiger partial charge in [0.15, 0.2) is 0 Å². The summed E-state index contributed by atoms with van der Waals surface area (Å²) in [7, 11) is 0. The van der Waals surface area contributed by atoms with Crippen LogP contribution in [-0.2, 0) is 4.79 Å². The van der Waals surface area contributed by atoms with Gasteiger partial charge in [0.1, 0.15) is 0 Å². The Hall–Kier alpha value is -1.65. The number of carbonyl (C=O) groups is 1. The van der Waals surface area contributed by atoms with E-state index in [0.717, 1.165) is 38.5 Å². The maximum absolute atomic E-state index is 12.3. The van der Waals surface area contributed by atoms with E-state index in [0.29, 0.717) is 19.3 Å². The Kier molecular flexibility index (Phi) is 42.4. The van der Waals surface area contributed by atoms with Gasteiger partial charge in [-0.2, -0.15) is 0 Å². The molecular weight excluding hydrogens is 639 g/mol. The van der Waals surface area contributed by atoms with Gasteiger partial charge >= 0.3 is 0 Å². The van der Waals surface area contributed by atoms with Crippen molar-refractivity contribution in [3.63, 3.8) is 0 Å². The van der Waals surface area contributed by atoms with Crippen LogP contribution in [0.1, 0.15) is 232 Å². The van der Waals surface area contributed by atoms with E-state index in [1.807, 2.05) is 6.08 Å². The number of allylic oxidation sites excluding steroid dienone is 8. The Morgan fingerprint density at radius 3 is 1.15 bits per heavy atom. The van der Waals surface area contributed by atoms with Crippen molar-refractivity contribution in [2.24, 2.45) is 0 Å². The van der Waals surface area contributed by atoms with E-state index < -0.39 is 12.1 Å². The lowest BCUT2D eigenvalue weighted by molar-refractivity contribution is -0.123. The highest BCUT2D eigenvalue weighted by atomic mass is 16.3. The van der Waals surface area contributed by atoms with Crippen LogP contribution in [0.3, 0.4) is 0 Å². The van der Waals surface area contributed by atoms with Crippen molar-refractivity contribution in [2.75, 3.05) is 6.61 Å². The topological polar surface area (TPSA) is 69.6 Å². The van der Waals surface area contributed by atoms with Crippen molar-refractivity contribution in [3.8, 4) is 0 Å². The zero-order valence-electron chi connectivity index (χ0n) is 34.8. The molecule has 3 N–H and O–H groups in total. The van der Waals surface area contributed by atoms with Gasteiger partial charge in [-0.3, -0.25) is 4.79 Å². The maximum Gasteiger partial charge on any atom is 0.220 e. The van der Waals surface area contributed by atoms with Crippen LogP contribution in [0.15, 0.2) is 48.6 Å². The molecule has 0 aromatic carbocycles. The molecule has 0 aliphatic rings. The standard InChI is InChI=1S/C48H89NO3/c1-3-5-7-9-11-13-15-17-18-19-20-21-22-23-24-25-26-27-28-29-30-32-33-35-37-39-41-43-47(51)46(45-50)49-48(52)44-42-40-38-36-34-31-16-14-12-10-8-6-4-2/h6,8,12,14,31,34,38,40,46-47,50-51H,3-5,7,9-11,13,15-30,32-33,35-37,39,41-45H2,1-2H3,(H,49,52)/b8-6-,14-12-,34-31-,40-38-. The molecule has 0 fully saturated rings. The summed E-state index contributed by atoms with van der Waals surface area (Å²) >= 11 is 0. The van der Waals surface area contributed by atoms with Gasteiger partial charge in [0, 0.05) is 6.42 Å². The fraction of sp³-hybridized carbons (Fsp3) is 0.812. The van der Waals surface area contributed by atoms with Crippen LogP contribution in [0.5, 0.6) is 0 Å². The number of unbranched alkanes of at least 4 members (excludes halogenated alkanes) is 26. The molecule has 0 aromatic heterocycles. The van der Waals surface area contributed by atoms with Crippen LogP contribution in [0.2, 0.25) is 0 Å². The van der Waals surface area contributed by atoms with E-state index in [4.69, 9.17) is 0 Å². The smallest absolute Gasteiger partial charge is 0.220 e. The number of aliphatic hydroxyl groups excluding tert-OH is 2. The molecule has 0 rings (SSSR count). The summed E-state index contributed by atoms with van der Waals surface area (Å²) < 4.78 is 0. The van der Waals surface area contributed by atoms with Crippen molar-refractivity contribution in [3.05, 3.63) is 48.6 Å². The molecule has 0 saturated carbocycles. The first-order chi connectivity index (χ1) is 25.7. The first-order valence-corrected chi connectivity index (χ1v) is 22.8. The number of hydrogen-bond acceptors (Lipinski definition) is 3. The quantitative estimate of drug-likeness (QED) is 0.0434. The molecule has 2 unspecified atom stereocenters. The Labute approximate surface area is 324 Å². The van der Waals surface area contributed by atoms with E-state index in [9.17, 15) is 15.0 Å². The van der Waals surface area contributed by atoms with Gasteiger partial charge in [-0.25, -0.2) is 0 Å². The molecule has 0 spiro atoms. The molecule has 0 aliphatic heterocycles. The van der Waals surface area contributed by atoms with Gasteiger partial charge in [0.05, 0.1) is 18.8 Å². The lowest BCUT2D eigenvalue weighted by Crippen LogP contribution is -2.45. The van der Waals surface area contributed by atoms with E-state index in [-0.39, 0.29) is 12.5 Å². The zero-order valence-corrected chi connectivity index (χ0v) is 34.8. The largest absolute Gasteiger partial charge is 0.394 e. The molecule has 0 bridgehead atoms. The number of hydrogen-bond donors (Lipinski definition) is 3. The van der Waals surface area contributed by atoms with Crippen LogP contribution in [0.25, 0.3) is 0 Å². The van der Waals surface area contributed by atoms with Crippen molar-refractivity contribution >= 4 is 5.91 Å². The van der Waals surface area contributed by atoms with Gasteiger partial charge in [-0.15, -0.1) is 0 Å². The predicted octanol–water partition coefficient (Wildman–Crippen LogP) is 14.4. The first-order valence-electron chi connectivity index (χ1n) is 22.8. The van der Waals surface area contributed by atoms with Gasteiger partial charge < -0.3 is 15.5 Å². The fourth-order valence-electron chi connectivity index (χ4n) is 6.90. The van der Waals surface area contributed by atoms with E-state index in [1.165, 1.54) is 161 Å². The van der Waals surface area contributed by atoms with E-state index in [1.54, 1.807) is 0 Å². The van der Waals surface area contributed by atoms with Crippen molar-refractivity contribution in [1.82, 2.24) is 5.32 Å². The zero-order chi connectivity index (χ0) is 37.8. The molecular formula is C48H89NO3. The average molecular weight is 728 g/mol. The molecule has 0 aromatic rings. The van der Waals surface area contributed by atoms with Crippen molar-refractivity contribution in [2.45, 2.75) is 244 Å². The lowest BCUT2D eigenvalue weighted by Gasteiger charge is -2.22. The minimum absolute atomic E-state index is 0.110. The summed E-state index contributed by atoms with van der Waals surface area (Å²) in [6.07, 6.45) is 59.4. The number of aliphatic hydroxyl groups is 2. The summed E-state index contributed by atoms with van der Waals surface area (Å²) in [6, 6.07) is -0.575. The number of rotatable bonds is 41. The normalized spacial score (nSPS) is 13.4. The van der Waals surface area contributed by atoms with Crippen LogP contribution in [-0.4, -0.2) is 34.9 Å². The molecule has 52 heavy (non-hydrogen) atoms. The second-order valence-corrected chi connectivity index (χ2v) is 15.4. The monoisotopic (exact) mass is 728 g/mol. The summed E-state index contributed by atoms with van der Waals surface area (Å²) in [4.78, 5) is 12.3. The molecule has 1 amide bonds. The summed E-state index contributed by atoms with van der Waals surface area (Å²) in [5.74, 6) is -0.110. The van der Waals surface area contributed by atoms with Gasteiger partial charge in [-0.1, -0.05) is 236 Å². The highest BCUT2D eigenvalue weighted by Gasteiger charge is 2.19. The molecule has 0 radical (unpaired) electrons. The second-order valence-electron chi connectivity index (χ2n) is 15.4. The molecule has 0 aliphatic carbocycles. The average Bonchev–Trinajstić information content (AvgIpc) is 3.15. The number of nitrogens with one attached hydrogen (secondary N) is 1. The third kappa shape index (κ3) is 39.6. The van der Waals surface area contributed by atoms with E-state index >= 15 is 0 Å². The SMILES string of the molecule is CC/C=C\C/C=C\C/C=C\C/C=C\CCC(=O)NC(CO)C(O)CCCCCCCCCCCCCCCCCCCCCCCCCCCCC. The molecule has 4 nitrogen and oxygen atoms in total. The minimum Gasteiger partial charge on any atom is -0.394 e. The molecule has 0 heterocycles. The third-order valence-electron chi connectivity index (χ3n) is 10.4. The Balaban J connectivity index is 3.49. The Bertz CT molecular complexity index is 831.